The molecule has 1 aromatic carbocycles. The van der Waals surface area contributed by atoms with Crippen LogP contribution in [0.1, 0.15) is 29.8 Å². The molecule has 7 nitrogen and oxygen atoms in total. The molecule has 3 rings (SSSR count). The maximum absolute atomic E-state index is 13.3. The molecule has 1 atom stereocenters. The van der Waals surface area contributed by atoms with Crippen molar-refractivity contribution in [3.05, 3.63) is 41.7 Å². The summed E-state index contributed by atoms with van der Waals surface area (Å²) in [5.74, 6) is -1.96. The van der Waals surface area contributed by atoms with Gasteiger partial charge in [0.1, 0.15) is 0 Å². The average molecular weight is 364 g/mol. The first-order valence-electron chi connectivity index (χ1n) is 8.68. The average Bonchev–Trinajstić information content (AvgIpc) is 3.11. The molecule has 26 heavy (non-hydrogen) atoms. The molecule has 9 heteroatoms. The number of benzene rings is 1. The van der Waals surface area contributed by atoms with Gasteiger partial charge >= 0.3 is 0 Å². The number of rotatable bonds is 6. The molecule has 0 radical (unpaired) electrons. The summed E-state index contributed by atoms with van der Waals surface area (Å²) in [5.41, 5.74) is 6.27. The first kappa shape index (κ1) is 18.2. The summed E-state index contributed by atoms with van der Waals surface area (Å²) in [6.45, 7) is 2.27. The zero-order chi connectivity index (χ0) is 18.5. The van der Waals surface area contributed by atoms with Crippen LogP contribution in [0, 0.1) is 11.6 Å². The lowest BCUT2D eigenvalue weighted by molar-refractivity contribution is 0.0708. The zero-order valence-corrected chi connectivity index (χ0v) is 14.4. The monoisotopic (exact) mass is 364 g/mol. The van der Waals surface area contributed by atoms with Crippen LogP contribution in [0.2, 0.25) is 0 Å². The van der Waals surface area contributed by atoms with Crippen molar-refractivity contribution in [2.75, 3.05) is 25.0 Å². The van der Waals surface area contributed by atoms with Crippen molar-refractivity contribution in [3.63, 3.8) is 0 Å². The number of halogens is 2. The van der Waals surface area contributed by atoms with Crippen LogP contribution in [0.15, 0.2) is 24.4 Å². The van der Waals surface area contributed by atoms with Crippen molar-refractivity contribution < 1.29 is 13.6 Å². The molecule has 0 aliphatic carbocycles. The lowest BCUT2D eigenvalue weighted by Crippen LogP contribution is -2.45. The van der Waals surface area contributed by atoms with Gasteiger partial charge < -0.3 is 16.0 Å². The smallest absolute Gasteiger partial charge is 0.276 e. The van der Waals surface area contributed by atoms with E-state index in [1.165, 1.54) is 6.07 Å². The molecule has 1 aliphatic heterocycles. The lowest BCUT2D eigenvalue weighted by atomic mass is 10.0. The molecule has 140 valence electrons. The summed E-state index contributed by atoms with van der Waals surface area (Å²) in [7, 11) is 0. The first-order valence-corrected chi connectivity index (χ1v) is 8.68. The third kappa shape index (κ3) is 4.34. The standard InChI is InChI=1S/C17H22F2N6O/c18-14-5-4-12(9-15(14)19)21-13-3-1-7-24(10-13)17(26)16-11-25(23-22-16)8-2-6-20/h4-5,9,11,13,21H,1-3,6-8,10,20H2. The number of nitrogens with zero attached hydrogens (tertiary/aromatic N) is 4. The summed E-state index contributed by atoms with van der Waals surface area (Å²) in [4.78, 5) is 14.3. The third-order valence-corrected chi connectivity index (χ3v) is 4.35. The van der Waals surface area contributed by atoms with Gasteiger partial charge in [0.05, 0.1) is 6.20 Å². The number of aromatic nitrogens is 3. The number of nitrogens with one attached hydrogen (secondary N) is 1. The Labute approximate surface area is 150 Å². The van der Waals surface area contributed by atoms with Gasteiger partial charge in [-0.15, -0.1) is 5.10 Å². The second-order valence-corrected chi connectivity index (χ2v) is 6.37. The van der Waals surface area contributed by atoms with E-state index in [1.807, 2.05) is 0 Å². The Kier molecular flexibility index (Phi) is 5.77. The van der Waals surface area contributed by atoms with Gasteiger partial charge in [0.2, 0.25) is 0 Å². The predicted octanol–water partition coefficient (Wildman–Crippen LogP) is 1.62. The molecule has 0 spiro atoms. The highest BCUT2D eigenvalue weighted by molar-refractivity contribution is 5.92. The van der Waals surface area contributed by atoms with E-state index in [9.17, 15) is 13.6 Å². The van der Waals surface area contributed by atoms with Crippen molar-refractivity contribution in [3.8, 4) is 0 Å². The first-order chi connectivity index (χ1) is 12.6. The fraction of sp³-hybridized carbons (Fsp3) is 0.471. The highest BCUT2D eigenvalue weighted by Crippen LogP contribution is 2.19. The van der Waals surface area contributed by atoms with E-state index in [0.717, 1.165) is 31.4 Å². The number of nitrogens with two attached hydrogens (primary N) is 1. The number of carbonyl (C=O) groups excluding carboxylic acids is 1. The van der Waals surface area contributed by atoms with Crippen LogP contribution in [-0.4, -0.2) is 51.5 Å². The Morgan fingerprint density at radius 3 is 2.96 bits per heavy atom. The molecule has 2 aromatic rings. The van der Waals surface area contributed by atoms with E-state index >= 15 is 0 Å². The van der Waals surface area contributed by atoms with Crippen molar-refractivity contribution in [1.29, 1.82) is 0 Å². The van der Waals surface area contributed by atoms with Crippen LogP contribution >= 0.6 is 0 Å². The molecule has 1 amide bonds. The van der Waals surface area contributed by atoms with Crippen molar-refractivity contribution in [1.82, 2.24) is 19.9 Å². The topological polar surface area (TPSA) is 89.1 Å². The molecule has 0 bridgehead atoms. The molecule has 1 unspecified atom stereocenters. The molecular formula is C17H22F2N6O. The van der Waals surface area contributed by atoms with Gasteiger partial charge in [-0.3, -0.25) is 9.48 Å². The summed E-state index contributed by atoms with van der Waals surface area (Å²) in [6.07, 6.45) is 4.05. The van der Waals surface area contributed by atoms with Crippen LogP contribution in [0.5, 0.6) is 0 Å². The van der Waals surface area contributed by atoms with Gasteiger partial charge in [-0.1, -0.05) is 5.21 Å². The highest BCUT2D eigenvalue weighted by atomic mass is 19.2. The quantitative estimate of drug-likeness (QED) is 0.813. The Morgan fingerprint density at radius 2 is 2.19 bits per heavy atom. The van der Waals surface area contributed by atoms with Gasteiger partial charge in [0.15, 0.2) is 17.3 Å². The number of carbonyl (C=O) groups is 1. The van der Waals surface area contributed by atoms with Gasteiger partial charge in [0.25, 0.3) is 5.91 Å². The second-order valence-electron chi connectivity index (χ2n) is 6.37. The van der Waals surface area contributed by atoms with E-state index < -0.39 is 11.6 Å². The van der Waals surface area contributed by atoms with E-state index in [4.69, 9.17) is 5.73 Å². The Morgan fingerprint density at radius 1 is 1.35 bits per heavy atom. The van der Waals surface area contributed by atoms with E-state index in [-0.39, 0.29) is 11.9 Å². The minimum Gasteiger partial charge on any atom is -0.380 e. The lowest BCUT2D eigenvalue weighted by Gasteiger charge is -2.33. The number of amides is 1. The molecule has 1 saturated heterocycles. The van der Waals surface area contributed by atoms with Gasteiger partial charge in [0, 0.05) is 37.4 Å². The maximum atomic E-state index is 13.3. The number of likely N-dealkylation sites (tertiary alicyclic amines) is 1. The molecular weight excluding hydrogens is 342 g/mol. The highest BCUT2D eigenvalue weighted by Gasteiger charge is 2.26. The Bertz CT molecular complexity index is 765. The van der Waals surface area contributed by atoms with Crippen LogP contribution in [0.3, 0.4) is 0 Å². The second kappa shape index (κ2) is 8.22. The van der Waals surface area contributed by atoms with Crippen LogP contribution in [0.25, 0.3) is 0 Å². The summed E-state index contributed by atoms with van der Waals surface area (Å²) < 4.78 is 28.0. The third-order valence-electron chi connectivity index (χ3n) is 4.35. The molecule has 1 fully saturated rings. The fourth-order valence-electron chi connectivity index (χ4n) is 3.02. The summed E-state index contributed by atoms with van der Waals surface area (Å²) in [5, 5.41) is 11.1. The van der Waals surface area contributed by atoms with Crippen molar-refractivity contribution >= 4 is 11.6 Å². The van der Waals surface area contributed by atoms with E-state index in [1.54, 1.807) is 15.8 Å². The molecule has 0 saturated carbocycles. The minimum absolute atomic E-state index is 0.0372. The molecule has 2 heterocycles. The maximum Gasteiger partial charge on any atom is 0.276 e. The zero-order valence-electron chi connectivity index (χ0n) is 14.4. The fourth-order valence-corrected chi connectivity index (χ4v) is 3.02. The summed E-state index contributed by atoms with van der Waals surface area (Å²) >= 11 is 0. The minimum atomic E-state index is -0.896. The number of hydrogen-bond acceptors (Lipinski definition) is 5. The van der Waals surface area contributed by atoms with E-state index in [2.05, 4.69) is 15.6 Å². The molecule has 3 N–H and O–H groups in total. The normalized spacial score (nSPS) is 17.3. The number of aryl methyl sites for hydroxylation is 1. The van der Waals surface area contributed by atoms with Gasteiger partial charge in [-0.05, 0) is 37.9 Å². The van der Waals surface area contributed by atoms with Gasteiger partial charge in [-0.2, -0.15) is 0 Å². The Hall–Kier alpha value is -2.55. The summed E-state index contributed by atoms with van der Waals surface area (Å²) in [6, 6.07) is 3.66. The molecule has 1 aliphatic rings. The van der Waals surface area contributed by atoms with Crippen LogP contribution in [0.4, 0.5) is 14.5 Å². The Balaban J connectivity index is 1.61. The SMILES string of the molecule is NCCCn1cc(C(=O)N2CCCC(Nc3ccc(F)c(F)c3)C2)nn1. The van der Waals surface area contributed by atoms with Crippen LogP contribution < -0.4 is 11.1 Å². The number of anilines is 1. The number of hydrogen-bond donors (Lipinski definition) is 2. The van der Waals surface area contributed by atoms with Gasteiger partial charge in [-0.25, -0.2) is 8.78 Å². The van der Waals surface area contributed by atoms with Crippen molar-refractivity contribution in [2.45, 2.75) is 31.8 Å². The van der Waals surface area contributed by atoms with Crippen molar-refractivity contribution in [2.24, 2.45) is 5.73 Å². The largest absolute Gasteiger partial charge is 0.380 e. The van der Waals surface area contributed by atoms with E-state index in [0.29, 0.717) is 37.6 Å². The van der Waals surface area contributed by atoms with Crippen LogP contribution in [-0.2, 0) is 6.54 Å². The number of piperidine rings is 1. The predicted molar refractivity (Wildman–Crippen MR) is 92.6 cm³/mol. The molecule has 1 aromatic heterocycles.